The van der Waals surface area contributed by atoms with Gasteiger partial charge in [-0.15, -0.1) is 0 Å². The van der Waals surface area contributed by atoms with E-state index in [0.717, 1.165) is 30.8 Å². The summed E-state index contributed by atoms with van der Waals surface area (Å²) < 4.78 is 15.9. The number of nitrogens with two attached hydrogens (primary N) is 1. The molecule has 0 aliphatic rings. The normalized spacial score (nSPS) is 12.6. The molecule has 0 aliphatic heterocycles. The second kappa shape index (κ2) is 7.27. The predicted molar refractivity (Wildman–Crippen MR) is 105 cm³/mol. The molecule has 0 aliphatic carbocycles. The molecule has 4 aromatic rings. The second-order valence-corrected chi connectivity index (χ2v) is 9.17. The Morgan fingerprint density at radius 2 is 1.96 bits per heavy atom. The van der Waals surface area contributed by atoms with Crippen LogP contribution in [-0.2, 0) is 13.0 Å². The van der Waals surface area contributed by atoms with Crippen LogP contribution in [0.5, 0.6) is 0 Å². The molecule has 5 nitrogen and oxygen atoms in total. The fraction of sp³-hybridized carbons (Fsp3) is 0.167. The van der Waals surface area contributed by atoms with Crippen LogP contribution in [0.3, 0.4) is 0 Å². The van der Waals surface area contributed by atoms with Gasteiger partial charge in [-0.3, -0.25) is 0 Å². The average Bonchev–Trinajstić information content (AvgIpc) is 3.23. The topological polar surface area (TPSA) is 69.6 Å². The van der Waals surface area contributed by atoms with E-state index in [4.69, 9.17) is 5.73 Å². The summed E-state index contributed by atoms with van der Waals surface area (Å²) in [6.45, 7) is 0.598. The first-order valence-electron chi connectivity index (χ1n) is 8.13. The van der Waals surface area contributed by atoms with Crippen LogP contribution in [0.4, 0.5) is 4.39 Å². The summed E-state index contributed by atoms with van der Waals surface area (Å²) in [6.07, 6.45) is 2.52. The molecule has 0 radical (unpaired) electrons. The van der Waals surface area contributed by atoms with Crippen molar-refractivity contribution in [3.8, 4) is 10.6 Å². The Hall–Kier alpha value is -2.08. The molecule has 2 aromatic heterocycles. The molecular weight excluding hydrogens is 412 g/mol. The second-order valence-electron chi connectivity index (χ2n) is 6.14. The molecule has 0 saturated carbocycles. The number of hydrogen-bond acceptors (Lipinski definition) is 5. The number of nitrogens with zero attached hydrogens (tertiary/aromatic N) is 4. The molecule has 0 spiro atoms. The van der Waals surface area contributed by atoms with Gasteiger partial charge in [0.25, 0.3) is 0 Å². The fourth-order valence-electron chi connectivity index (χ4n) is 2.93. The van der Waals surface area contributed by atoms with Crippen molar-refractivity contribution >= 4 is 42.9 Å². The van der Waals surface area contributed by atoms with E-state index in [1.165, 1.54) is 29.0 Å². The molecule has 0 bridgehead atoms. The quantitative estimate of drug-likeness (QED) is 0.489. The van der Waals surface area contributed by atoms with Gasteiger partial charge in [-0.25, -0.2) is 4.39 Å². The van der Waals surface area contributed by atoms with Crippen LogP contribution >= 0.6 is 11.3 Å². The number of halogens is 1. The maximum atomic E-state index is 13.0. The van der Waals surface area contributed by atoms with Crippen molar-refractivity contribution in [1.82, 2.24) is 20.0 Å². The molecule has 0 amide bonds. The van der Waals surface area contributed by atoms with Crippen molar-refractivity contribution in [2.45, 2.75) is 19.0 Å². The average molecular weight is 429 g/mol. The Balaban J connectivity index is 1.52. The van der Waals surface area contributed by atoms with Gasteiger partial charge in [-0.1, -0.05) is 12.1 Å². The van der Waals surface area contributed by atoms with Gasteiger partial charge in [-0.05, 0) is 12.1 Å². The molecule has 26 heavy (non-hydrogen) atoms. The van der Waals surface area contributed by atoms with Crippen LogP contribution in [0.2, 0.25) is 0 Å². The van der Waals surface area contributed by atoms with Gasteiger partial charge in [0.1, 0.15) is 5.82 Å². The van der Waals surface area contributed by atoms with Crippen molar-refractivity contribution < 1.29 is 4.39 Å². The molecule has 0 fully saturated rings. The molecule has 1 unspecified atom stereocenters. The molecule has 0 saturated heterocycles. The summed E-state index contributed by atoms with van der Waals surface area (Å²) >= 11 is 3.08. The molecule has 8 heteroatoms. The van der Waals surface area contributed by atoms with Crippen molar-refractivity contribution in [2.24, 2.45) is 5.73 Å². The van der Waals surface area contributed by atoms with Gasteiger partial charge < -0.3 is 0 Å². The number of aromatic nitrogens is 4. The van der Waals surface area contributed by atoms with E-state index in [-0.39, 0.29) is 11.9 Å². The Morgan fingerprint density at radius 3 is 2.69 bits per heavy atom. The van der Waals surface area contributed by atoms with E-state index in [0.29, 0.717) is 13.0 Å². The standard InChI is InChI=1S/C18H17AsFN5S/c19-18-24-23-17(26-18)12-3-6-16-13(8-12)9-22-25(16)10-15(21)7-11-1-4-14(20)5-2-11/h1-6,8-9,15H,7,10,19,21H2/t15-/m0/s1. The Bertz CT molecular complexity index is 1040. The first-order chi connectivity index (χ1) is 12.6. The van der Waals surface area contributed by atoms with Gasteiger partial charge in [0.2, 0.25) is 0 Å². The van der Waals surface area contributed by atoms with E-state index >= 15 is 0 Å². The van der Waals surface area contributed by atoms with E-state index in [9.17, 15) is 4.39 Å². The molecule has 2 atom stereocenters. The van der Waals surface area contributed by atoms with Crippen molar-refractivity contribution in [3.05, 3.63) is 60.0 Å². The van der Waals surface area contributed by atoms with Crippen LogP contribution in [0.25, 0.3) is 21.5 Å². The molecule has 2 N–H and O–H groups in total. The molecular formula is C18H17AsFN5S. The Morgan fingerprint density at radius 1 is 1.15 bits per heavy atom. The number of fused-ring (bicyclic) bond motifs is 1. The van der Waals surface area contributed by atoms with Crippen molar-refractivity contribution in [3.63, 3.8) is 0 Å². The summed E-state index contributed by atoms with van der Waals surface area (Å²) in [5.74, 6) is -0.233. The number of benzene rings is 2. The third kappa shape index (κ3) is 3.70. The Labute approximate surface area is 162 Å². The first-order valence-corrected chi connectivity index (χ1v) is 10.2. The summed E-state index contributed by atoms with van der Waals surface area (Å²) in [4.78, 5) is 0. The van der Waals surface area contributed by atoms with Crippen LogP contribution in [0.15, 0.2) is 48.7 Å². The molecule has 2 heterocycles. The predicted octanol–water partition coefficient (Wildman–Crippen LogP) is 1.52. The van der Waals surface area contributed by atoms with E-state index < -0.39 is 0 Å². The minimum atomic E-state index is -0.233. The van der Waals surface area contributed by atoms with Gasteiger partial charge >= 0.3 is 128 Å². The van der Waals surface area contributed by atoms with Crippen LogP contribution in [0.1, 0.15) is 5.56 Å². The molecule has 132 valence electrons. The van der Waals surface area contributed by atoms with Gasteiger partial charge in [0.05, 0.1) is 0 Å². The van der Waals surface area contributed by atoms with Gasteiger partial charge in [0.15, 0.2) is 0 Å². The molecule has 4 rings (SSSR count). The number of hydrogen-bond donors (Lipinski definition) is 1. The maximum absolute atomic E-state index is 13.0. The summed E-state index contributed by atoms with van der Waals surface area (Å²) in [5, 5.41) is 14.8. The monoisotopic (exact) mass is 429 g/mol. The zero-order valence-corrected chi connectivity index (χ0v) is 17.1. The number of rotatable bonds is 5. The molecule has 2 aromatic carbocycles. The van der Waals surface area contributed by atoms with E-state index in [1.807, 2.05) is 23.0 Å². The van der Waals surface area contributed by atoms with Crippen LogP contribution in [0, 0.1) is 5.82 Å². The summed E-state index contributed by atoms with van der Waals surface area (Å²) in [5.41, 5.74) is 9.39. The zero-order valence-electron chi connectivity index (χ0n) is 13.8. The van der Waals surface area contributed by atoms with Crippen LogP contribution < -0.4 is 9.53 Å². The van der Waals surface area contributed by atoms with Gasteiger partial charge in [0, 0.05) is 0 Å². The van der Waals surface area contributed by atoms with Crippen molar-refractivity contribution in [1.29, 1.82) is 0 Å². The third-order valence-electron chi connectivity index (χ3n) is 4.15. The van der Waals surface area contributed by atoms with Crippen LogP contribution in [-0.4, -0.2) is 42.9 Å². The van der Waals surface area contributed by atoms with Crippen molar-refractivity contribution in [2.75, 3.05) is 0 Å². The van der Waals surface area contributed by atoms with E-state index in [2.05, 4.69) is 21.4 Å². The van der Waals surface area contributed by atoms with E-state index in [1.54, 1.807) is 23.5 Å². The zero-order chi connectivity index (χ0) is 18.1. The Kier molecular flexibility index (Phi) is 4.85. The first kappa shape index (κ1) is 17.3. The van der Waals surface area contributed by atoms with Gasteiger partial charge in [-0.2, -0.15) is 0 Å². The summed E-state index contributed by atoms with van der Waals surface area (Å²) in [6, 6.07) is 12.5. The minimum absolute atomic E-state index is 0.101. The summed E-state index contributed by atoms with van der Waals surface area (Å²) in [7, 11) is 0. The fourth-order valence-corrected chi connectivity index (χ4v) is 4.36. The SMILES string of the molecule is N[C@@H](Cc1ccc(F)cc1)Cn1ncc2cc(-c3nnc([AsH2])s3)ccc21. The third-order valence-corrected chi connectivity index (χ3v) is 5.93.